The van der Waals surface area contributed by atoms with Gasteiger partial charge in [0.1, 0.15) is 12.1 Å². The molecule has 0 atom stereocenters. The number of rotatable bonds is 3. The maximum Gasteiger partial charge on any atom is 0.340 e. The molecule has 0 amide bonds. The van der Waals surface area contributed by atoms with Crippen molar-refractivity contribution in [3.8, 4) is 22.6 Å². The molecule has 130 valence electrons. The van der Waals surface area contributed by atoms with Crippen molar-refractivity contribution >= 4 is 22.7 Å². The molecule has 0 aliphatic heterocycles. The molecule has 0 saturated heterocycles. The Hall–Kier alpha value is -3.68. The third-order valence-electron chi connectivity index (χ3n) is 4.13. The van der Waals surface area contributed by atoms with Gasteiger partial charge in [0.25, 0.3) is 0 Å². The molecule has 8 heteroatoms. The third kappa shape index (κ3) is 2.57. The van der Waals surface area contributed by atoms with Crippen molar-refractivity contribution in [2.45, 2.75) is 0 Å². The quantitative estimate of drug-likeness (QED) is 0.550. The highest BCUT2D eigenvalue weighted by molar-refractivity contribution is 6.07. The van der Waals surface area contributed by atoms with E-state index in [1.165, 1.54) is 13.3 Å². The van der Waals surface area contributed by atoms with Crippen LogP contribution >= 0.6 is 0 Å². The SMILES string of the molecule is COC(=O)c1cnc(N)c2[nH]c(-c3cccc(-c4ncn(C)n4)c3)cc12. The second kappa shape index (κ2) is 5.99. The second-order valence-corrected chi connectivity index (χ2v) is 5.84. The van der Waals surface area contributed by atoms with Crippen LogP contribution in [0.5, 0.6) is 0 Å². The number of hydrogen-bond acceptors (Lipinski definition) is 6. The number of H-pyrrole nitrogens is 1. The molecular formula is C18H16N6O2. The van der Waals surface area contributed by atoms with Crippen LogP contribution in [-0.2, 0) is 11.8 Å². The molecule has 0 radical (unpaired) electrons. The number of pyridine rings is 1. The fourth-order valence-corrected chi connectivity index (χ4v) is 2.86. The largest absolute Gasteiger partial charge is 0.465 e. The van der Waals surface area contributed by atoms with Crippen molar-refractivity contribution in [1.29, 1.82) is 0 Å². The molecule has 26 heavy (non-hydrogen) atoms. The highest BCUT2D eigenvalue weighted by Crippen LogP contribution is 2.30. The van der Waals surface area contributed by atoms with E-state index < -0.39 is 5.97 Å². The lowest BCUT2D eigenvalue weighted by Crippen LogP contribution is -2.03. The van der Waals surface area contributed by atoms with Crippen LogP contribution in [0.25, 0.3) is 33.5 Å². The predicted octanol–water partition coefficient (Wildman–Crippen LogP) is 2.39. The summed E-state index contributed by atoms with van der Waals surface area (Å²) in [6, 6.07) is 9.66. The minimum atomic E-state index is -0.459. The Kier molecular flexibility index (Phi) is 3.65. The van der Waals surface area contributed by atoms with Crippen LogP contribution in [0.3, 0.4) is 0 Å². The second-order valence-electron chi connectivity index (χ2n) is 5.84. The predicted molar refractivity (Wildman–Crippen MR) is 97.3 cm³/mol. The molecule has 0 aliphatic rings. The zero-order valence-electron chi connectivity index (χ0n) is 14.2. The normalized spacial score (nSPS) is 11.0. The van der Waals surface area contributed by atoms with Gasteiger partial charge in [-0.1, -0.05) is 18.2 Å². The maximum atomic E-state index is 12.0. The molecule has 0 bridgehead atoms. The molecule has 3 heterocycles. The van der Waals surface area contributed by atoms with Crippen LogP contribution < -0.4 is 5.73 Å². The number of nitrogen functional groups attached to an aromatic ring is 1. The summed E-state index contributed by atoms with van der Waals surface area (Å²) in [5.41, 5.74) is 9.54. The number of aromatic amines is 1. The number of ether oxygens (including phenoxy) is 1. The lowest BCUT2D eigenvalue weighted by atomic mass is 10.1. The average Bonchev–Trinajstić information content (AvgIpc) is 3.29. The van der Waals surface area contributed by atoms with Gasteiger partial charge in [-0.2, -0.15) is 5.10 Å². The summed E-state index contributed by atoms with van der Waals surface area (Å²) in [6.45, 7) is 0. The average molecular weight is 348 g/mol. The summed E-state index contributed by atoms with van der Waals surface area (Å²) in [6.07, 6.45) is 3.08. The van der Waals surface area contributed by atoms with E-state index in [0.29, 0.717) is 28.1 Å². The number of carbonyl (C=O) groups excluding carboxylic acids is 1. The van der Waals surface area contributed by atoms with Gasteiger partial charge in [0, 0.05) is 29.9 Å². The van der Waals surface area contributed by atoms with E-state index in [1.807, 2.05) is 37.4 Å². The first-order valence-electron chi connectivity index (χ1n) is 7.89. The van der Waals surface area contributed by atoms with Gasteiger partial charge in [0.2, 0.25) is 0 Å². The Bertz CT molecular complexity index is 1130. The smallest absolute Gasteiger partial charge is 0.340 e. The van der Waals surface area contributed by atoms with Gasteiger partial charge in [-0.3, -0.25) is 4.68 Å². The van der Waals surface area contributed by atoms with Crippen molar-refractivity contribution in [1.82, 2.24) is 24.7 Å². The number of nitrogens with two attached hydrogens (primary N) is 1. The standard InChI is InChI=1S/C18H16N6O2/c1-24-9-21-17(23-24)11-5-3-4-10(6-11)14-7-12-13(18(25)26-2)8-20-16(19)15(12)22-14/h3-9,22H,1-2H3,(H2,19,20). The number of carbonyl (C=O) groups is 1. The number of nitrogens with zero attached hydrogens (tertiary/aromatic N) is 4. The van der Waals surface area contributed by atoms with E-state index in [1.54, 1.807) is 11.0 Å². The Morgan fingerprint density at radius 2 is 2.04 bits per heavy atom. The van der Waals surface area contributed by atoms with E-state index in [9.17, 15) is 4.79 Å². The Morgan fingerprint density at radius 3 is 2.77 bits per heavy atom. The van der Waals surface area contributed by atoms with Gasteiger partial charge < -0.3 is 15.5 Å². The number of aromatic nitrogens is 5. The first-order chi connectivity index (χ1) is 12.6. The summed E-state index contributed by atoms with van der Waals surface area (Å²) >= 11 is 0. The molecule has 0 unspecified atom stereocenters. The van der Waals surface area contributed by atoms with Crippen LogP contribution in [0.2, 0.25) is 0 Å². The fourth-order valence-electron chi connectivity index (χ4n) is 2.86. The molecule has 4 aromatic rings. The Morgan fingerprint density at radius 1 is 1.23 bits per heavy atom. The molecule has 3 N–H and O–H groups in total. The van der Waals surface area contributed by atoms with Gasteiger partial charge in [0.15, 0.2) is 5.82 Å². The summed E-state index contributed by atoms with van der Waals surface area (Å²) in [4.78, 5) is 23.6. The number of hydrogen-bond donors (Lipinski definition) is 2. The van der Waals surface area contributed by atoms with E-state index in [-0.39, 0.29) is 0 Å². The Balaban J connectivity index is 1.85. The van der Waals surface area contributed by atoms with Crippen molar-refractivity contribution in [2.75, 3.05) is 12.8 Å². The van der Waals surface area contributed by atoms with E-state index >= 15 is 0 Å². The van der Waals surface area contributed by atoms with Crippen molar-refractivity contribution < 1.29 is 9.53 Å². The number of fused-ring (bicyclic) bond motifs is 1. The molecule has 0 spiro atoms. The van der Waals surface area contributed by atoms with Crippen LogP contribution in [0.1, 0.15) is 10.4 Å². The third-order valence-corrected chi connectivity index (χ3v) is 4.13. The van der Waals surface area contributed by atoms with Gasteiger partial charge in [0.05, 0.1) is 18.2 Å². The van der Waals surface area contributed by atoms with Gasteiger partial charge in [-0.25, -0.2) is 14.8 Å². The van der Waals surface area contributed by atoms with Gasteiger partial charge in [-0.05, 0) is 17.7 Å². The molecule has 4 rings (SSSR count). The van der Waals surface area contributed by atoms with Crippen LogP contribution in [-0.4, -0.2) is 37.8 Å². The van der Waals surface area contributed by atoms with E-state index in [4.69, 9.17) is 10.5 Å². The highest BCUT2D eigenvalue weighted by atomic mass is 16.5. The summed E-state index contributed by atoms with van der Waals surface area (Å²) in [5.74, 6) is 0.503. The molecule has 0 saturated carbocycles. The molecule has 0 aliphatic carbocycles. The van der Waals surface area contributed by atoms with Crippen LogP contribution in [0, 0.1) is 0 Å². The van der Waals surface area contributed by atoms with Crippen molar-refractivity contribution in [3.05, 3.63) is 48.4 Å². The summed E-state index contributed by atoms with van der Waals surface area (Å²) in [5, 5.41) is 4.99. The number of esters is 1. The fraction of sp³-hybridized carbons (Fsp3) is 0.111. The van der Waals surface area contributed by atoms with Crippen molar-refractivity contribution in [2.24, 2.45) is 7.05 Å². The number of benzene rings is 1. The molecular weight excluding hydrogens is 332 g/mol. The molecule has 8 nitrogen and oxygen atoms in total. The molecule has 1 aromatic carbocycles. The van der Waals surface area contributed by atoms with E-state index in [0.717, 1.165) is 16.8 Å². The minimum absolute atomic E-state index is 0.321. The van der Waals surface area contributed by atoms with Crippen molar-refractivity contribution in [3.63, 3.8) is 0 Å². The van der Waals surface area contributed by atoms with Gasteiger partial charge in [-0.15, -0.1) is 0 Å². The monoisotopic (exact) mass is 348 g/mol. The van der Waals surface area contributed by atoms with Gasteiger partial charge >= 0.3 is 5.97 Å². The number of anilines is 1. The number of aryl methyl sites for hydroxylation is 1. The topological polar surface area (TPSA) is 112 Å². The molecule has 3 aromatic heterocycles. The minimum Gasteiger partial charge on any atom is -0.465 e. The van der Waals surface area contributed by atoms with Crippen LogP contribution in [0.15, 0.2) is 42.9 Å². The number of nitrogens with one attached hydrogen (secondary N) is 1. The zero-order chi connectivity index (χ0) is 18.3. The highest BCUT2D eigenvalue weighted by Gasteiger charge is 2.16. The first-order valence-corrected chi connectivity index (χ1v) is 7.89. The first kappa shape index (κ1) is 15.8. The summed E-state index contributed by atoms with van der Waals surface area (Å²) < 4.78 is 6.48. The molecule has 0 fully saturated rings. The lowest BCUT2D eigenvalue weighted by Gasteiger charge is -2.01. The van der Waals surface area contributed by atoms with E-state index in [2.05, 4.69) is 20.1 Å². The number of methoxy groups -OCH3 is 1. The summed E-state index contributed by atoms with van der Waals surface area (Å²) in [7, 11) is 3.16. The van der Waals surface area contributed by atoms with Crippen LogP contribution in [0.4, 0.5) is 5.82 Å². The lowest BCUT2D eigenvalue weighted by molar-refractivity contribution is 0.0602. The zero-order valence-corrected chi connectivity index (χ0v) is 14.2. The maximum absolute atomic E-state index is 12.0. The Labute approximate surface area is 148 Å².